The Kier molecular flexibility index (Phi) is 9.92. The molecule has 1 saturated carbocycles. The van der Waals surface area contributed by atoms with E-state index in [4.69, 9.17) is 9.47 Å². The topological polar surface area (TPSA) is 76.1 Å². The summed E-state index contributed by atoms with van der Waals surface area (Å²) in [6, 6.07) is 2.10. The van der Waals surface area contributed by atoms with Gasteiger partial charge in [-0.2, -0.15) is 0 Å². The predicted molar refractivity (Wildman–Crippen MR) is 156 cm³/mol. The van der Waals surface area contributed by atoms with Crippen molar-refractivity contribution in [2.24, 2.45) is 17.3 Å². The molecule has 3 aliphatic rings. The maximum Gasteiger partial charge on any atom is 0.353 e. The first kappa shape index (κ1) is 29.8. The zero-order valence-corrected chi connectivity index (χ0v) is 25.2. The molecule has 0 bridgehead atoms. The highest BCUT2D eigenvalue weighted by Crippen LogP contribution is 2.41. The molecule has 2 fully saturated rings. The zero-order valence-electron chi connectivity index (χ0n) is 24.4. The highest BCUT2D eigenvalue weighted by molar-refractivity contribution is 7.15. The zero-order chi connectivity index (χ0) is 28.2. The quantitative estimate of drug-likeness (QED) is 0.275. The monoisotopic (exact) mass is 558 g/mol. The minimum atomic E-state index is -0.685. The normalized spacial score (nSPS) is 23.2. The van der Waals surface area contributed by atoms with Gasteiger partial charge in [0.25, 0.3) is 0 Å². The van der Waals surface area contributed by atoms with Crippen molar-refractivity contribution in [2.75, 3.05) is 31.8 Å². The third kappa shape index (κ3) is 7.51. The van der Waals surface area contributed by atoms with Crippen LogP contribution in [0.3, 0.4) is 0 Å². The molecule has 1 amide bonds. The molecular weight excluding hydrogens is 512 g/mol. The first-order valence-corrected chi connectivity index (χ1v) is 15.6. The number of hydrogen-bond donors (Lipinski definition) is 0. The molecule has 8 heteroatoms. The van der Waals surface area contributed by atoms with E-state index < -0.39 is 24.1 Å². The Morgan fingerprint density at radius 3 is 2.33 bits per heavy atom. The summed E-state index contributed by atoms with van der Waals surface area (Å²) in [4.78, 5) is 45.7. The summed E-state index contributed by atoms with van der Waals surface area (Å²) < 4.78 is 10.7. The number of anilines is 1. The van der Waals surface area contributed by atoms with Gasteiger partial charge in [-0.3, -0.25) is 9.59 Å². The van der Waals surface area contributed by atoms with Crippen molar-refractivity contribution in [3.05, 3.63) is 21.9 Å². The van der Waals surface area contributed by atoms with E-state index in [1.165, 1.54) is 23.3 Å². The Morgan fingerprint density at radius 2 is 1.72 bits per heavy atom. The van der Waals surface area contributed by atoms with E-state index in [9.17, 15) is 14.4 Å². The van der Waals surface area contributed by atoms with Gasteiger partial charge in [0.1, 0.15) is 4.88 Å². The molecule has 1 aromatic rings. The molecule has 2 aliphatic carbocycles. The number of allylic oxidation sites excluding steroid dienone is 2. The lowest BCUT2D eigenvalue weighted by molar-refractivity contribution is -0.161. The van der Waals surface area contributed by atoms with Crippen molar-refractivity contribution in [3.8, 4) is 0 Å². The van der Waals surface area contributed by atoms with E-state index in [1.807, 2.05) is 4.90 Å². The van der Waals surface area contributed by atoms with Gasteiger partial charge in [0, 0.05) is 16.8 Å². The summed E-state index contributed by atoms with van der Waals surface area (Å²) in [5, 5.41) is 0. The molecule has 39 heavy (non-hydrogen) atoms. The van der Waals surface area contributed by atoms with Crippen LogP contribution in [0.2, 0.25) is 0 Å². The molecule has 1 aromatic heterocycles. The molecule has 4 rings (SSSR count). The van der Waals surface area contributed by atoms with Crippen LogP contribution < -0.4 is 4.90 Å². The summed E-state index contributed by atoms with van der Waals surface area (Å²) in [7, 11) is 2.12. The van der Waals surface area contributed by atoms with Gasteiger partial charge in [-0.15, -0.1) is 11.3 Å². The summed E-state index contributed by atoms with van der Waals surface area (Å²) in [6.45, 7) is 8.94. The van der Waals surface area contributed by atoms with Crippen molar-refractivity contribution < 1.29 is 23.9 Å². The second-order valence-corrected chi connectivity index (χ2v) is 13.8. The van der Waals surface area contributed by atoms with Gasteiger partial charge in [-0.05, 0) is 123 Å². The fourth-order valence-corrected chi connectivity index (χ4v) is 6.91. The molecule has 0 spiro atoms. The molecule has 1 aliphatic heterocycles. The molecule has 2 heterocycles. The van der Waals surface area contributed by atoms with Crippen molar-refractivity contribution in [1.29, 1.82) is 0 Å². The number of carbonyl (C=O) groups is 3. The number of ether oxygens (including phenoxy) is 2. The van der Waals surface area contributed by atoms with Gasteiger partial charge in [0.2, 0.25) is 12.7 Å². The summed E-state index contributed by atoms with van der Waals surface area (Å²) >= 11 is 1.41. The number of hydrogen-bond acceptors (Lipinski definition) is 7. The lowest BCUT2D eigenvalue weighted by Gasteiger charge is -2.40. The second-order valence-electron chi connectivity index (χ2n) is 12.7. The van der Waals surface area contributed by atoms with E-state index in [1.54, 1.807) is 20.8 Å². The third-order valence-corrected chi connectivity index (χ3v) is 9.59. The first-order chi connectivity index (χ1) is 18.5. The number of piperidine rings is 1. The van der Waals surface area contributed by atoms with Crippen LogP contribution in [-0.2, 0) is 19.1 Å². The van der Waals surface area contributed by atoms with Crippen molar-refractivity contribution in [1.82, 2.24) is 4.90 Å². The lowest BCUT2D eigenvalue weighted by Crippen LogP contribution is -2.49. The Hall–Kier alpha value is -2.19. The largest absolute Gasteiger partial charge is 0.427 e. The number of likely N-dealkylation sites (tertiary alicyclic amines) is 1. The van der Waals surface area contributed by atoms with Crippen LogP contribution >= 0.6 is 11.3 Å². The molecular formula is C31H46N2O5S. The van der Waals surface area contributed by atoms with Crippen LogP contribution in [0.4, 0.5) is 5.69 Å². The Morgan fingerprint density at radius 1 is 1.03 bits per heavy atom. The van der Waals surface area contributed by atoms with Crippen molar-refractivity contribution in [3.63, 3.8) is 0 Å². The lowest BCUT2D eigenvalue weighted by atomic mass is 9.82. The van der Waals surface area contributed by atoms with E-state index in [0.717, 1.165) is 75.8 Å². The van der Waals surface area contributed by atoms with Gasteiger partial charge < -0.3 is 19.3 Å². The van der Waals surface area contributed by atoms with Gasteiger partial charge in [-0.1, -0.05) is 13.0 Å². The van der Waals surface area contributed by atoms with Gasteiger partial charge in [0.15, 0.2) is 0 Å². The fraction of sp³-hybridized carbons (Fsp3) is 0.710. The number of carbonyl (C=O) groups excluding carboxylic acids is 3. The minimum absolute atomic E-state index is 0.0188. The number of amides is 1. The SMILES string of the molecule is CC1CCC(C(=O)N(c2cc(C3=CCCCC3)sc2C(=O)OCOC(=O)C(C)(C)C)C2CCN(C)CC2)CC1. The molecule has 0 aromatic carbocycles. The van der Waals surface area contributed by atoms with Crippen LogP contribution in [0.1, 0.15) is 106 Å². The first-order valence-electron chi connectivity index (χ1n) is 14.7. The van der Waals surface area contributed by atoms with Crippen LogP contribution in [-0.4, -0.2) is 55.7 Å². The molecule has 216 valence electrons. The van der Waals surface area contributed by atoms with E-state index in [0.29, 0.717) is 16.5 Å². The number of rotatable bonds is 7. The molecule has 7 nitrogen and oxygen atoms in total. The Labute approximate surface area is 237 Å². The predicted octanol–water partition coefficient (Wildman–Crippen LogP) is 6.66. The van der Waals surface area contributed by atoms with Crippen LogP contribution in [0.25, 0.3) is 5.57 Å². The average Bonchev–Trinajstić information content (AvgIpc) is 3.35. The molecule has 0 radical (unpaired) electrons. The molecule has 0 N–H and O–H groups in total. The van der Waals surface area contributed by atoms with Crippen LogP contribution in [0, 0.1) is 17.3 Å². The third-order valence-electron chi connectivity index (χ3n) is 8.41. The van der Waals surface area contributed by atoms with Gasteiger partial charge in [0.05, 0.1) is 11.1 Å². The summed E-state index contributed by atoms with van der Waals surface area (Å²) in [6.07, 6.45) is 12.2. The fourth-order valence-electron chi connectivity index (χ4n) is 5.80. The van der Waals surface area contributed by atoms with E-state index in [-0.39, 0.29) is 17.9 Å². The van der Waals surface area contributed by atoms with Crippen LogP contribution in [0.15, 0.2) is 12.1 Å². The number of esters is 2. The molecule has 0 unspecified atom stereocenters. The second kappa shape index (κ2) is 13.0. The maximum atomic E-state index is 14.2. The minimum Gasteiger partial charge on any atom is -0.427 e. The van der Waals surface area contributed by atoms with Crippen molar-refractivity contribution >= 4 is 40.4 Å². The van der Waals surface area contributed by atoms with E-state index >= 15 is 0 Å². The van der Waals surface area contributed by atoms with Crippen molar-refractivity contribution in [2.45, 2.75) is 97.9 Å². The van der Waals surface area contributed by atoms with Crippen LogP contribution in [0.5, 0.6) is 0 Å². The Balaban J connectivity index is 1.66. The summed E-state index contributed by atoms with van der Waals surface area (Å²) in [5.41, 5.74) is 1.23. The highest BCUT2D eigenvalue weighted by Gasteiger charge is 2.37. The Bertz CT molecular complexity index is 1060. The van der Waals surface area contributed by atoms with Gasteiger partial charge >= 0.3 is 11.9 Å². The number of nitrogens with zero attached hydrogens (tertiary/aromatic N) is 2. The van der Waals surface area contributed by atoms with E-state index in [2.05, 4.69) is 31.0 Å². The standard InChI is InChI=1S/C31H46N2O5S/c1-21-11-13-23(14-12-21)28(34)33(24-15-17-32(5)18-16-24)25-19-26(22-9-7-6-8-10-22)39-27(25)29(35)37-20-38-30(36)31(2,3)4/h9,19,21,23-24H,6-8,10-18,20H2,1-5H3. The van der Waals surface area contributed by atoms with Gasteiger partial charge in [-0.25, -0.2) is 4.79 Å². The maximum absolute atomic E-state index is 14.2. The average molecular weight is 559 g/mol. The summed E-state index contributed by atoms with van der Waals surface area (Å²) in [5.74, 6) is -0.189. The highest BCUT2D eigenvalue weighted by atomic mass is 32.1. The molecule has 0 atom stereocenters. The smallest absolute Gasteiger partial charge is 0.353 e. The number of thiophene rings is 1. The molecule has 1 saturated heterocycles.